The number of nitrogens with one attached hydrogen (secondary N) is 1. The molecule has 6 heteroatoms. The first-order valence-corrected chi connectivity index (χ1v) is 3.06. The second-order valence-corrected chi connectivity index (χ2v) is 1.99. The van der Waals surface area contributed by atoms with Gasteiger partial charge in [-0.2, -0.15) is 0 Å². The number of rotatable bonds is 3. The van der Waals surface area contributed by atoms with E-state index in [4.69, 9.17) is 5.11 Å². The Morgan fingerprint density at radius 1 is 1.42 bits per heavy atom. The molecule has 68 valence electrons. The molecule has 0 aliphatic carbocycles. The van der Waals surface area contributed by atoms with E-state index >= 15 is 0 Å². The second-order valence-electron chi connectivity index (χ2n) is 1.99. The highest BCUT2D eigenvalue weighted by molar-refractivity contribution is 6.01. The Morgan fingerprint density at radius 3 is 2.17 bits per heavy atom. The Morgan fingerprint density at radius 2 is 1.92 bits per heavy atom. The molecule has 1 amide bonds. The molecule has 0 aliphatic rings. The molecule has 0 aromatic carbocycles. The fraction of sp³-hybridized carbons (Fsp3) is 0.500. The predicted molar refractivity (Wildman–Crippen MR) is 37.3 cm³/mol. The molecule has 0 rings (SSSR count). The van der Waals surface area contributed by atoms with Gasteiger partial charge in [-0.05, 0) is 0 Å². The van der Waals surface area contributed by atoms with E-state index in [1.165, 1.54) is 0 Å². The molecule has 0 aromatic rings. The summed E-state index contributed by atoms with van der Waals surface area (Å²) in [5.41, 5.74) is 0. The zero-order valence-corrected chi connectivity index (χ0v) is 6.66. The third kappa shape index (κ3) is 3.00. The minimum atomic E-state index is -1.62. The van der Waals surface area contributed by atoms with Crippen molar-refractivity contribution in [3.63, 3.8) is 0 Å². The van der Waals surface area contributed by atoms with Crippen molar-refractivity contribution in [3.05, 3.63) is 0 Å². The van der Waals surface area contributed by atoms with Gasteiger partial charge in [0.25, 0.3) is 0 Å². The fourth-order valence-corrected chi connectivity index (χ4v) is 0.543. The van der Waals surface area contributed by atoms with Crippen molar-refractivity contribution >= 4 is 17.8 Å². The average molecular weight is 175 g/mol. The Balaban J connectivity index is 4.33. The number of amides is 1. The lowest BCUT2D eigenvalue weighted by molar-refractivity contribution is -0.154. The van der Waals surface area contributed by atoms with Crippen molar-refractivity contribution in [2.75, 3.05) is 7.11 Å². The van der Waals surface area contributed by atoms with Crippen LogP contribution in [0.1, 0.15) is 6.92 Å². The van der Waals surface area contributed by atoms with Crippen LogP contribution in [0.4, 0.5) is 0 Å². The number of hydrogen-bond acceptors (Lipinski definition) is 4. The molecule has 0 bridgehead atoms. The number of carboxylic acids is 1. The Kier molecular flexibility index (Phi) is 3.75. The molecule has 12 heavy (non-hydrogen) atoms. The minimum Gasteiger partial charge on any atom is -0.479 e. The van der Waals surface area contributed by atoms with Gasteiger partial charge in [-0.25, -0.2) is 9.59 Å². The van der Waals surface area contributed by atoms with Crippen LogP contribution in [0.25, 0.3) is 0 Å². The number of carboxylic acid groups (broad SMARTS) is 1. The summed E-state index contributed by atoms with van der Waals surface area (Å²) in [4.78, 5) is 31.4. The van der Waals surface area contributed by atoms with Crippen molar-refractivity contribution in [3.8, 4) is 0 Å². The van der Waals surface area contributed by atoms with Gasteiger partial charge in [0, 0.05) is 6.92 Å². The maximum absolute atomic E-state index is 10.7. The normalized spacial score (nSPS) is 11.5. The van der Waals surface area contributed by atoms with Crippen LogP contribution in [0.2, 0.25) is 0 Å². The summed E-state index contributed by atoms with van der Waals surface area (Å²) in [5, 5.41) is 10.3. The number of ether oxygens (including phenoxy) is 1. The van der Waals surface area contributed by atoms with Gasteiger partial charge in [0.2, 0.25) is 11.9 Å². The first kappa shape index (κ1) is 10.4. The molecular formula is C6H9NO5. The third-order valence-corrected chi connectivity index (χ3v) is 1.03. The van der Waals surface area contributed by atoms with Crippen LogP contribution < -0.4 is 5.32 Å². The van der Waals surface area contributed by atoms with Gasteiger partial charge in [0.1, 0.15) is 0 Å². The summed E-state index contributed by atoms with van der Waals surface area (Å²) < 4.78 is 4.14. The number of esters is 1. The van der Waals surface area contributed by atoms with Gasteiger partial charge >= 0.3 is 11.9 Å². The van der Waals surface area contributed by atoms with E-state index in [9.17, 15) is 14.4 Å². The highest BCUT2D eigenvalue weighted by Gasteiger charge is 2.27. The molecule has 0 spiro atoms. The largest absolute Gasteiger partial charge is 0.479 e. The van der Waals surface area contributed by atoms with Gasteiger partial charge in [-0.15, -0.1) is 0 Å². The molecule has 0 aliphatic heterocycles. The van der Waals surface area contributed by atoms with Crippen molar-refractivity contribution < 1.29 is 24.2 Å². The number of hydrogen-bond donors (Lipinski definition) is 2. The molecule has 6 nitrogen and oxygen atoms in total. The Labute approximate surface area is 68.5 Å². The summed E-state index contributed by atoms with van der Waals surface area (Å²) in [5.74, 6) is -3.05. The smallest absolute Gasteiger partial charge is 0.340 e. The summed E-state index contributed by atoms with van der Waals surface area (Å²) in [6.45, 7) is 1.11. The topological polar surface area (TPSA) is 92.7 Å². The summed E-state index contributed by atoms with van der Waals surface area (Å²) in [6.07, 6.45) is 0. The van der Waals surface area contributed by atoms with Crippen LogP contribution in [0.15, 0.2) is 0 Å². The van der Waals surface area contributed by atoms with Crippen LogP contribution in [-0.4, -0.2) is 36.1 Å². The highest BCUT2D eigenvalue weighted by Crippen LogP contribution is 1.87. The highest BCUT2D eigenvalue weighted by atomic mass is 16.5. The SMILES string of the molecule is COC(=O)[C@H](NC(C)=O)C(=O)O. The van der Waals surface area contributed by atoms with Crippen LogP contribution in [0, 0.1) is 0 Å². The first-order valence-electron chi connectivity index (χ1n) is 3.06. The van der Waals surface area contributed by atoms with E-state index in [2.05, 4.69) is 4.74 Å². The molecule has 0 unspecified atom stereocenters. The molecule has 0 radical (unpaired) electrons. The van der Waals surface area contributed by atoms with Gasteiger partial charge in [0.05, 0.1) is 7.11 Å². The van der Waals surface area contributed by atoms with E-state index in [1.54, 1.807) is 0 Å². The van der Waals surface area contributed by atoms with E-state index in [0.29, 0.717) is 0 Å². The molecule has 0 aromatic heterocycles. The van der Waals surface area contributed by atoms with E-state index in [-0.39, 0.29) is 0 Å². The summed E-state index contributed by atoms with van der Waals surface area (Å²) >= 11 is 0. The number of carbonyl (C=O) groups excluding carboxylic acids is 2. The van der Waals surface area contributed by atoms with E-state index in [0.717, 1.165) is 14.0 Å². The zero-order chi connectivity index (χ0) is 9.72. The maximum atomic E-state index is 10.7. The number of methoxy groups -OCH3 is 1. The number of aliphatic carboxylic acids is 1. The lowest BCUT2D eigenvalue weighted by Gasteiger charge is -2.09. The lowest BCUT2D eigenvalue weighted by atomic mass is 10.3. The van der Waals surface area contributed by atoms with Crippen LogP contribution in [0.5, 0.6) is 0 Å². The van der Waals surface area contributed by atoms with Crippen molar-refractivity contribution in [1.82, 2.24) is 5.32 Å². The van der Waals surface area contributed by atoms with Gasteiger partial charge in [-0.1, -0.05) is 0 Å². The van der Waals surface area contributed by atoms with E-state index < -0.39 is 23.9 Å². The van der Waals surface area contributed by atoms with Crippen LogP contribution in [-0.2, 0) is 19.1 Å². The predicted octanol–water partition coefficient (Wildman–Crippen LogP) is -1.25. The second kappa shape index (κ2) is 4.32. The molecule has 0 saturated heterocycles. The molecule has 0 saturated carbocycles. The summed E-state index contributed by atoms with van der Waals surface area (Å²) in [7, 11) is 1.04. The monoisotopic (exact) mass is 175 g/mol. The van der Waals surface area contributed by atoms with Crippen LogP contribution >= 0.6 is 0 Å². The first-order chi connectivity index (χ1) is 5.49. The lowest BCUT2D eigenvalue weighted by Crippen LogP contribution is -2.46. The van der Waals surface area contributed by atoms with Gasteiger partial charge in [0.15, 0.2) is 0 Å². The molecule has 0 heterocycles. The standard InChI is InChI=1S/C6H9NO5/c1-3(8)7-4(5(9)10)6(11)12-2/h4H,1-2H3,(H,7,8)(H,9,10)/t4-/m1/s1. The maximum Gasteiger partial charge on any atom is 0.340 e. The van der Waals surface area contributed by atoms with Crippen molar-refractivity contribution in [2.45, 2.75) is 13.0 Å². The quantitative estimate of drug-likeness (QED) is 0.413. The zero-order valence-electron chi connectivity index (χ0n) is 6.66. The Bertz CT molecular complexity index is 212. The van der Waals surface area contributed by atoms with Gasteiger partial charge < -0.3 is 15.2 Å². The number of carbonyl (C=O) groups is 3. The third-order valence-electron chi connectivity index (χ3n) is 1.03. The average Bonchev–Trinajstić information content (AvgIpc) is 1.98. The molecule has 0 fully saturated rings. The van der Waals surface area contributed by atoms with Gasteiger partial charge in [-0.3, -0.25) is 4.79 Å². The van der Waals surface area contributed by atoms with Crippen LogP contribution in [0.3, 0.4) is 0 Å². The summed E-state index contributed by atoms with van der Waals surface area (Å²) in [6, 6.07) is -1.62. The molecule has 2 N–H and O–H groups in total. The minimum absolute atomic E-state index is 0.604. The van der Waals surface area contributed by atoms with E-state index in [1.807, 2.05) is 5.32 Å². The van der Waals surface area contributed by atoms with Crippen molar-refractivity contribution in [1.29, 1.82) is 0 Å². The molecule has 1 atom stereocenters. The molecular weight excluding hydrogens is 166 g/mol. The fourth-order valence-electron chi connectivity index (χ4n) is 0.543. The Hall–Kier alpha value is -1.59. The van der Waals surface area contributed by atoms with Crippen molar-refractivity contribution in [2.24, 2.45) is 0 Å².